The Bertz CT molecular complexity index is 467. The van der Waals surface area contributed by atoms with Gasteiger partial charge in [0.05, 0.1) is 23.6 Å². The van der Waals surface area contributed by atoms with Crippen LogP contribution in [0.4, 0.5) is 4.39 Å². The van der Waals surface area contributed by atoms with Crippen molar-refractivity contribution in [2.75, 3.05) is 0 Å². The van der Waals surface area contributed by atoms with Gasteiger partial charge in [-0.05, 0) is 6.07 Å². The first-order valence-electron chi connectivity index (χ1n) is 3.32. The minimum atomic E-state index is -0.433. The van der Waals surface area contributed by atoms with Gasteiger partial charge in [0.15, 0.2) is 0 Å². The van der Waals surface area contributed by atoms with Crippen LogP contribution in [-0.4, -0.2) is 9.38 Å². The summed E-state index contributed by atoms with van der Waals surface area (Å²) in [7, 11) is 0. The molecule has 4 heteroatoms. The molecule has 0 saturated carbocycles. The van der Waals surface area contributed by atoms with E-state index in [4.69, 9.17) is 5.26 Å². The lowest BCUT2D eigenvalue weighted by atomic mass is 10.2. The van der Waals surface area contributed by atoms with Crippen molar-refractivity contribution in [2.24, 2.45) is 0 Å². The number of hydrogen-bond acceptors (Lipinski definition) is 2. The van der Waals surface area contributed by atoms with E-state index < -0.39 is 5.82 Å². The second-order valence-electron chi connectivity index (χ2n) is 2.37. The number of imidazole rings is 1. The molecule has 0 fully saturated rings. The first-order chi connectivity index (χ1) is 5.81. The number of nitrogens with zero attached hydrogens (tertiary/aromatic N) is 3. The molecule has 0 amide bonds. The van der Waals surface area contributed by atoms with Gasteiger partial charge in [0.1, 0.15) is 11.9 Å². The third-order valence-electron chi connectivity index (χ3n) is 1.61. The molecule has 58 valence electrons. The smallest absolute Gasteiger partial charge is 0.141 e. The molecule has 2 aromatic rings. The molecule has 2 heterocycles. The fraction of sp³-hybridized carbons (Fsp3) is 0. The summed E-state index contributed by atoms with van der Waals surface area (Å²) in [5.74, 6) is -0.433. The molecule has 0 bridgehead atoms. The Morgan fingerprint density at radius 3 is 3.17 bits per heavy atom. The van der Waals surface area contributed by atoms with Crippen molar-refractivity contribution >= 4 is 5.52 Å². The average Bonchev–Trinajstić information content (AvgIpc) is 2.50. The van der Waals surface area contributed by atoms with E-state index in [1.165, 1.54) is 29.2 Å². The van der Waals surface area contributed by atoms with Gasteiger partial charge in [-0.1, -0.05) is 0 Å². The van der Waals surface area contributed by atoms with Crippen LogP contribution < -0.4 is 0 Å². The molecule has 0 radical (unpaired) electrons. The molecule has 3 nitrogen and oxygen atoms in total. The summed E-state index contributed by atoms with van der Waals surface area (Å²) < 4.78 is 14.2. The van der Waals surface area contributed by atoms with E-state index in [1.807, 2.05) is 6.07 Å². The number of fused-ring (bicyclic) bond motifs is 1. The SMILES string of the molecule is N#Cc1cc(F)cn2cncc12. The Morgan fingerprint density at radius 2 is 2.42 bits per heavy atom. The van der Waals surface area contributed by atoms with Gasteiger partial charge in [0.25, 0.3) is 0 Å². The predicted octanol–water partition coefficient (Wildman–Crippen LogP) is 1.35. The van der Waals surface area contributed by atoms with E-state index in [0.29, 0.717) is 11.1 Å². The van der Waals surface area contributed by atoms with Crippen LogP contribution in [-0.2, 0) is 0 Å². The van der Waals surface area contributed by atoms with E-state index in [-0.39, 0.29) is 0 Å². The zero-order valence-electron chi connectivity index (χ0n) is 6.03. The standard InChI is InChI=1S/C8H4FN3/c9-7-1-6(2-10)8-3-11-5-12(8)4-7/h1,3-5H. The van der Waals surface area contributed by atoms with E-state index in [0.717, 1.165) is 0 Å². The summed E-state index contributed by atoms with van der Waals surface area (Å²) in [5, 5.41) is 8.62. The van der Waals surface area contributed by atoms with Crippen LogP contribution >= 0.6 is 0 Å². The Kier molecular flexibility index (Phi) is 1.31. The van der Waals surface area contributed by atoms with Crippen molar-refractivity contribution in [2.45, 2.75) is 0 Å². The van der Waals surface area contributed by atoms with Crippen LogP contribution in [0, 0.1) is 17.1 Å². The number of halogens is 1. The molecule has 12 heavy (non-hydrogen) atoms. The first-order valence-corrected chi connectivity index (χ1v) is 3.32. The van der Waals surface area contributed by atoms with Gasteiger partial charge in [-0.2, -0.15) is 5.26 Å². The lowest BCUT2D eigenvalue weighted by Crippen LogP contribution is -1.88. The average molecular weight is 161 g/mol. The maximum atomic E-state index is 12.8. The first kappa shape index (κ1) is 6.80. The molecule has 0 aliphatic carbocycles. The van der Waals surface area contributed by atoms with Gasteiger partial charge in [0.2, 0.25) is 0 Å². The number of hydrogen-bond donors (Lipinski definition) is 0. The molecule has 0 spiro atoms. The van der Waals surface area contributed by atoms with Crippen LogP contribution in [0.2, 0.25) is 0 Å². The summed E-state index contributed by atoms with van der Waals surface area (Å²) in [6.07, 6.45) is 4.26. The van der Waals surface area contributed by atoms with E-state index in [1.54, 1.807) is 0 Å². The van der Waals surface area contributed by atoms with Crippen LogP contribution in [0.5, 0.6) is 0 Å². The molecule has 2 aromatic heterocycles. The summed E-state index contributed by atoms with van der Waals surface area (Å²) in [5.41, 5.74) is 0.923. The molecule has 2 rings (SSSR count). The Hall–Kier alpha value is -1.89. The summed E-state index contributed by atoms with van der Waals surface area (Å²) >= 11 is 0. The third kappa shape index (κ3) is 0.839. The highest BCUT2D eigenvalue weighted by Gasteiger charge is 2.02. The van der Waals surface area contributed by atoms with Crippen molar-refractivity contribution in [1.82, 2.24) is 9.38 Å². The van der Waals surface area contributed by atoms with Crippen molar-refractivity contribution in [3.8, 4) is 6.07 Å². The van der Waals surface area contributed by atoms with Gasteiger partial charge >= 0.3 is 0 Å². The fourth-order valence-electron chi connectivity index (χ4n) is 1.09. The zero-order chi connectivity index (χ0) is 8.55. The van der Waals surface area contributed by atoms with Gasteiger partial charge in [0, 0.05) is 6.20 Å². The zero-order valence-corrected chi connectivity index (χ0v) is 6.03. The molecular formula is C8H4FN3. The number of pyridine rings is 1. The molecular weight excluding hydrogens is 157 g/mol. The van der Waals surface area contributed by atoms with Gasteiger partial charge in [-0.15, -0.1) is 0 Å². The lowest BCUT2D eigenvalue weighted by Gasteiger charge is -1.95. The summed E-state index contributed by atoms with van der Waals surface area (Å²) in [6, 6.07) is 3.09. The highest BCUT2D eigenvalue weighted by Crippen LogP contribution is 2.10. The van der Waals surface area contributed by atoms with Crippen LogP contribution in [0.25, 0.3) is 5.52 Å². The number of aromatic nitrogens is 2. The Balaban J connectivity index is 2.91. The molecule has 0 aliphatic rings. The second kappa shape index (κ2) is 2.31. The molecule has 0 N–H and O–H groups in total. The molecule has 0 unspecified atom stereocenters. The lowest BCUT2D eigenvalue weighted by molar-refractivity contribution is 0.618. The van der Waals surface area contributed by atoms with Crippen molar-refractivity contribution in [3.05, 3.63) is 36.2 Å². The van der Waals surface area contributed by atoms with Crippen molar-refractivity contribution in [1.29, 1.82) is 5.26 Å². The number of rotatable bonds is 0. The Morgan fingerprint density at radius 1 is 1.58 bits per heavy atom. The van der Waals surface area contributed by atoms with Crippen LogP contribution in [0.1, 0.15) is 5.56 Å². The van der Waals surface area contributed by atoms with E-state index >= 15 is 0 Å². The highest BCUT2D eigenvalue weighted by atomic mass is 19.1. The van der Waals surface area contributed by atoms with Crippen LogP contribution in [0.15, 0.2) is 24.8 Å². The Labute approximate surface area is 67.7 Å². The third-order valence-corrected chi connectivity index (χ3v) is 1.61. The highest BCUT2D eigenvalue weighted by molar-refractivity contribution is 5.59. The van der Waals surface area contributed by atoms with Crippen molar-refractivity contribution in [3.63, 3.8) is 0 Å². The monoisotopic (exact) mass is 161 g/mol. The maximum absolute atomic E-state index is 12.8. The fourth-order valence-corrected chi connectivity index (χ4v) is 1.09. The molecule has 0 saturated heterocycles. The van der Waals surface area contributed by atoms with Crippen LogP contribution in [0.3, 0.4) is 0 Å². The largest absolute Gasteiger partial charge is 0.302 e. The predicted molar refractivity (Wildman–Crippen MR) is 39.9 cm³/mol. The van der Waals surface area contributed by atoms with Gasteiger partial charge in [-0.3, -0.25) is 0 Å². The van der Waals surface area contributed by atoms with E-state index in [9.17, 15) is 4.39 Å². The minimum Gasteiger partial charge on any atom is -0.302 e. The normalized spacial score (nSPS) is 10.0. The molecule has 0 aromatic carbocycles. The van der Waals surface area contributed by atoms with Gasteiger partial charge < -0.3 is 4.40 Å². The quantitative estimate of drug-likeness (QED) is 0.585. The molecule has 0 aliphatic heterocycles. The minimum absolute atomic E-state index is 0.299. The maximum Gasteiger partial charge on any atom is 0.141 e. The topological polar surface area (TPSA) is 41.1 Å². The van der Waals surface area contributed by atoms with E-state index in [2.05, 4.69) is 4.98 Å². The second-order valence-corrected chi connectivity index (χ2v) is 2.37. The van der Waals surface area contributed by atoms with Crippen molar-refractivity contribution < 1.29 is 4.39 Å². The molecule has 0 atom stereocenters. The number of nitriles is 1. The van der Waals surface area contributed by atoms with Gasteiger partial charge in [-0.25, -0.2) is 9.37 Å². The summed E-state index contributed by atoms with van der Waals surface area (Å²) in [4.78, 5) is 3.80. The summed E-state index contributed by atoms with van der Waals surface area (Å²) in [6.45, 7) is 0.